The molecule has 0 radical (unpaired) electrons. The van der Waals surface area contributed by atoms with E-state index in [0.717, 1.165) is 10.4 Å². The van der Waals surface area contributed by atoms with Crippen LogP contribution in [-0.2, 0) is 10.0 Å². The van der Waals surface area contributed by atoms with Gasteiger partial charge in [-0.25, -0.2) is 8.42 Å². The maximum absolute atomic E-state index is 13.1. The summed E-state index contributed by atoms with van der Waals surface area (Å²) in [6, 6.07) is 8.05. The molecule has 0 N–H and O–H groups in total. The average Bonchev–Trinajstić information content (AvgIpc) is 2.51. The summed E-state index contributed by atoms with van der Waals surface area (Å²) in [5, 5.41) is 11.5. The molecule has 0 heterocycles. The summed E-state index contributed by atoms with van der Waals surface area (Å²) in [5.41, 5.74) is 0.308. The fourth-order valence-electron chi connectivity index (χ4n) is 2.24. The molecule has 0 fully saturated rings. The van der Waals surface area contributed by atoms with Crippen LogP contribution in [0.2, 0.25) is 10.0 Å². The van der Waals surface area contributed by atoms with E-state index in [2.05, 4.69) is 6.58 Å². The molecule has 0 atom stereocenters. The first-order valence-electron chi connectivity index (χ1n) is 7.01. The summed E-state index contributed by atoms with van der Waals surface area (Å²) in [6.45, 7) is 5.07. The lowest BCUT2D eigenvalue weighted by Crippen LogP contribution is -2.31. The summed E-state index contributed by atoms with van der Waals surface area (Å²) < 4.78 is 27.3. The van der Waals surface area contributed by atoms with Crippen LogP contribution in [-0.4, -0.2) is 19.9 Å². The third-order valence-corrected chi connectivity index (χ3v) is 5.75. The molecule has 0 aromatic heterocycles. The number of sulfonamides is 1. The monoisotopic (exact) mass is 400 g/mol. The molecule has 132 valence electrons. The van der Waals surface area contributed by atoms with Gasteiger partial charge in [-0.2, -0.15) is 0 Å². The highest BCUT2D eigenvalue weighted by Gasteiger charge is 2.28. The minimum Gasteiger partial charge on any atom is -0.262 e. The molecule has 2 aromatic carbocycles. The Morgan fingerprint density at radius 1 is 1.20 bits per heavy atom. The van der Waals surface area contributed by atoms with Gasteiger partial charge < -0.3 is 0 Å². The third kappa shape index (κ3) is 4.12. The number of nitro benzene ring substituents is 1. The molecular formula is C16H14Cl2N2O4S. The number of non-ortho nitro benzene ring substituents is 1. The van der Waals surface area contributed by atoms with Crippen molar-refractivity contribution in [2.75, 3.05) is 10.8 Å². The van der Waals surface area contributed by atoms with Gasteiger partial charge >= 0.3 is 0 Å². The number of hydrogen-bond acceptors (Lipinski definition) is 4. The van der Waals surface area contributed by atoms with Crippen molar-refractivity contribution >= 4 is 44.6 Å². The molecule has 0 saturated heterocycles. The summed E-state index contributed by atoms with van der Waals surface area (Å²) >= 11 is 11.9. The first kappa shape index (κ1) is 19.2. The van der Waals surface area contributed by atoms with Gasteiger partial charge in [0.25, 0.3) is 15.7 Å². The lowest BCUT2D eigenvalue weighted by molar-refractivity contribution is -0.385. The standard InChI is InChI=1S/C16H14Cl2N2O4S/c1-3-6-19(15-8-12(17)7-13(18)9-15)25(23,24)16-10-14(20(21)22)5-4-11(16)2/h3-5,7-10H,1,6H2,2H3. The van der Waals surface area contributed by atoms with Crippen LogP contribution in [0.3, 0.4) is 0 Å². The van der Waals surface area contributed by atoms with Crippen molar-refractivity contribution in [2.24, 2.45) is 0 Å². The van der Waals surface area contributed by atoms with Crippen molar-refractivity contribution in [3.8, 4) is 0 Å². The third-order valence-electron chi connectivity index (χ3n) is 3.38. The molecule has 0 saturated carbocycles. The molecule has 2 rings (SSSR count). The first-order chi connectivity index (χ1) is 11.7. The molecule has 0 aliphatic heterocycles. The Balaban J connectivity index is 2.66. The van der Waals surface area contributed by atoms with Gasteiger partial charge in [0.15, 0.2) is 0 Å². The van der Waals surface area contributed by atoms with Gasteiger partial charge in [-0.15, -0.1) is 6.58 Å². The Morgan fingerprint density at radius 3 is 2.32 bits per heavy atom. The van der Waals surface area contributed by atoms with Gasteiger partial charge in [-0.05, 0) is 30.7 Å². The number of nitrogens with zero attached hydrogens (tertiary/aromatic N) is 2. The number of rotatable bonds is 6. The molecule has 0 unspecified atom stereocenters. The van der Waals surface area contributed by atoms with E-state index >= 15 is 0 Å². The summed E-state index contributed by atoms with van der Waals surface area (Å²) in [5.74, 6) is 0. The van der Waals surface area contributed by atoms with Crippen molar-refractivity contribution in [2.45, 2.75) is 11.8 Å². The van der Waals surface area contributed by atoms with Crippen molar-refractivity contribution < 1.29 is 13.3 Å². The smallest absolute Gasteiger partial charge is 0.262 e. The summed E-state index contributed by atoms with van der Waals surface area (Å²) in [6.07, 6.45) is 1.40. The van der Waals surface area contributed by atoms with Crippen molar-refractivity contribution in [1.29, 1.82) is 0 Å². The van der Waals surface area contributed by atoms with Crippen LogP contribution in [0.5, 0.6) is 0 Å². The zero-order valence-electron chi connectivity index (χ0n) is 13.1. The largest absolute Gasteiger partial charge is 0.270 e. The topological polar surface area (TPSA) is 80.5 Å². The van der Waals surface area contributed by atoms with E-state index in [4.69, 9.17) is 23.2 Å². The summed E-state index contributed by atoms with van der Waals surface area (Å²) in [4.78, 5) is 10.2. The fourth-order valence-corrected chi connectivity index (χ4v) is 4.42. The number of anilines is 1. The van der Waals surface area contributed by atoms with Crippen molar-refractivity contribution in [1.82, 2.24) is 0 Å². The average molecular weight is 401 g/mol. The van der Waals surface area contributed by atoms with E-state index < -0.39 is 14.9 Å². The van der Waals surface area contributed by atoms with Crippen LogP contribution < -0.4 is 4.31 Å². The highest BCUT2D eigenvalue weighted by atomic mass is 35.5. The SMILES string of the molecule is C=CCN(c1cc(Cl)cc(Cl)c1)S(=O)(=O)c1cc([N+](=O)[O-])ccc1C. The zero-order chi connectivity index (χ0) is 18.8. The predicted octanol–water partition coefficient (Wildman–Crippen LogP) is 4.59. The van der Waals surface area contributed by atoms with E-state index in [1.165, 1.54) is 36.4 Å². The minimum absolute atomic E-state index is 0.0544. The second kappa shape index (κ2) is 7.43. The molecular weight excluding hydrogens is 387 g/mol. The molecule has 0 aliphatic carbocycles. The molecule has 0 bridgehead atoms. The molecule has 6 nitrogen and oxygen atoms in total. The summed E-state index contributed by atoms with van der Waals surface area (Å²) in [7, 11) is -4.10. The van der Waals surface area contributed by atoms with Gasteiger partial charge in [0, 0.05) is 22.2 Å². The van der Waals surface area contributed by atoms with Gasteiger partial charge in [0.2, 0.25) is 0 Å². The molecule has 0 amide bonds. The van der Waals surface area contributed by atoms with E-state index in [9.17, 15) is 18.5 Å². The number of aryl methyl sites for hydroxylation is 1. The predicted molar refractivity (Wildman–Crippen MR) is 99.0 cm³/mol. The number of benzene rings is 2. The van der Waals surface area contributed by atoms with E-state index in [1.807, 2.05) is 0 Å². The molecule has 0 spiro atoms. The van der Waals surface area contributed by atoms with Crippen LogP contribution in [0.15, 0.2) is 53.9 Å². The van der Waals surface area contributed by atoms with Crippen molar-refractivity contribution in [3.63, 3.8) is 0 Å². The Hall–Kier alpha value is -2.09. The Morgan fingerprint density at radius 2 is 1.80 bits per heavy atom. The lowest BCUT2D eigenvalue weighted by atomic mass is 10.2. The molecule has 9 heteroatoms. The Labute approximate surface area is 155 Å². The first-order valence-corrected chi connectivity index (χ1v) is 9.21. The van der Waals surface area contributed by atoms with Gasteiger partial charge in [-0.3, -0.25) is 14.4 Å². The Bertz CT molecular complexity index is 925. The Kier molecular flexibility index (Phi) is 5.72. The van der Waals surface area contributed by atoms with Crippen LogP contribution in [0.1, 0.15) is 5.56 Å². The van der Waals surface area contributed by atoms with Crippen LogP contribution in [0.25, 0.3) is 0 Å². The maximum atomic E-state index is 13.1. The normalized spacial score (nSPS) is 11.2. The quantitative estimate of drug-likeness (QED) is 0.403. The van der Waals surface area contributed by atoms with Crippen LogP contribution in [0, 0.1) is 17.0 Å². The highest BCUT2D eigenvalue weighted by molar-refractivity contribution is 7.92. The number of nitro groups is 1. The molecule has 25 heavy (non-hydrogen) atoms. The van der Waals surface area contributed by atoms with E-state index in [1.54, 1.807) is 6.92 Å². The maximum Gasteiger partial charge on any atom is 0.270 e. The van der Waals surface area contributed by atoms with Gasteiger partial charge in [-0.1, -0.05) is 35.3 Å². The van der Waals surface area contributed by atoms with Crippen LogP contribution >= 0.6 is 23.2 Å². The lowest BCUT2D eigenvalue weighted by Gasteiger charge is -2.24. The van der Waals surface area contributed by atoms with Crippen LogP contribution in [0.4, 0.5) is 11.4 Å². The second-order valence-corrected chi connectivity index (χ2v) is 7.86. The minimum atomic E-state index is -4.10. The van der Waals surface area contributed by atoms with Gasteiger partial charge in [0.1, 0.15) is 0 Å². The van der Waals surface area contributed by atoms with E-state index in [-0.39, 0.29) is 32.9 Å². The highest BCUT2D eigenvalue weighted by Crippen LogP contribution is 2.31. The second-order valence-electron chi connectivity index (χ2n) is 5.16. The zero-order valence-corrected chi connectivity index (χ0v) is 15.5. The number of hydrogen-bond donors (Lipinski definition) is 0. The van der Waals surface area contributed by atoms with E-state index in [0.29, 0.717) is 5.56 Å². The molecule has 0 aliphatic rings. The molecule has 2 aromatic rings. The fraction of sp³-hybridized carbons (Fsp3) is 0.125. The van der Waals surface area contributed by atoms with Gasteiger partial charge in [0.05, 0.1) is 22.1 Å². The van der Waals surface area contributed by atoms with Crippen molar-refractivity contribution in [3.05, 3.63) is 74.8 Å². The number of halogens is 2.